The first kappa shape index (κ1) is 20.1. The molecule has 7 nitrogen and oxygen atoms in total. The van der Waals surface area contributed by atoms with E-state index in [4.69, 9.17) is 4.42 Å². The lowest BCUT2D eigenvalue weighted by Gasteiger charge is -2.10. The molecule has 0 bridgehead atoms. The lowest BCUT2D eigenvalue weighted by atomic mass is 10.2. The van der Waals surface area contributed by atoms with Crippen LogP contribution in [-0.2, 0) is 23.0 Å². The third kappa shape index (κ3) is 3.42. The van der Waals surface area contributed by atoms with Crippen molar-refractivity contribution in [1.29, 1.82) is 0 Å². The largest absolute Gasteiger partial charge is 0.419 e. The minimum atomic E-state index is -3.91. The molecule has 28 heavy (non-hydrogen) atoms. The molecular formula is C19H23FN4O3S. The Balaban J connectivity index is 2.11. The molecule has 0 amide bonds. The van der Waals surface area contributed by atoms with Crippen molar-refractivity contribution in [3.05, 3.63) is 46.7 Å². The zero-order chi connectivity index (χ0) is 20.6. The fraction of sp³-hybridized carbons (Fsp3) is 0.368. The van der Waals surface area contributed by atoms with E-state index >= 15 is 0 Å². The average Bonchev–Trinajstić information content (AvgIpc) is 3.19. The molecule has 2 aromatic heterocycles. The summed E-state index contributed by atoms with van der Waals surface area (Å²) in [5.41, 5.74) is 2.34. The maximum Gasteiger partial charge on any atom is 0.264 e. The predicted octanol–water partition coefficient (Wildman–Crippen LogP) is 3.99. The first-order valence-electron chi connectivity index (χ1n) is 9.01. The molecule has 9 heteroatoms. The molecule has 0 atom stereocenters. The van der Waals surface area contributed by atoms with E-state index in [0.29, 0.717) is 52.9 Å². The van der Waals surface area contributed by atoms with E-state index in [1.165, 1.54) is 18.2 Å². The number of aryl methyl sites for hydroxylation is 2. The molecule has 3 aromatic rings. The Morgan fingerprint density at radius 2 is 1.89 bits per heavy atom. The number of nitrogens with one attached hydrogen (secondary N) is 1. The van der Waals surface area contributed by atoms with Gasteiger partial charge in [-0.3, -0.25) is 4.72 Å². The maximum absolute atomic E-state index is 13.5. The summed E-state index contributed by atoms with van der Waals surface area (Å²) in [5.74, 6) is 0.386. The number of hydrogen-bond donors (Lipinski definition) is 1. The van der Waals surface area contributed by atoms with E-state index in [2.05, 4.69) is 14.9 Å². The lowest BCUT2D eigenvalue weighted by molar-refractivity contribution is 0.507. The molecule has 2 heterocycles. The second-order valence-electron chi connectivity index (χ2n) is 6.56. The van der Waals surface area contributed by atoms with Gasteiger partial charge in [-0.1, -0.05) is 6.92 Å². The SMILES string of the molecule is CCc1nnc(-c2c(C)c(S(=O)(=O)Nc3ccc(F)c(C)c3)c(C)n2CC)o1. The highest BCUT2D eigenvalue weighted by molar-refractivity contribution is 7.92. The average molecular weight is 406 g/mol. The lowest BCUT2D eigenvalue weighted by Crippen LogP contribution is -2.15. The van der Waals surface area contributed by atoms with Crippen molar-refractivity contribution in [2.24, 2.45) is 0 Å². The molecule has 0 spiro atoms. The Kier molecular flexibility index (Phi) is 5.29. The van der Waals surface area contributed by atoms with Crippen LogP contribution < -0.4 is 4.72 Å². The highest BCUT2D eigenvalue weighted by Crippen LogP contribution is 2.34. The zero-order valence-electron chi connectivity index (χ0n) is 16.5. The summed E-state index contributed by atoms with van der Waals surface area (Å²) >= 11 is 0. The number of rotatable bonds is 6. The molecule has 0 aliphatic rings. The van der Waals surface area contributed by atoms with Crippen LogP contribution in [-0.4, -0.2) is 23.2 Å². The van der Waals surface area contributed by atoms with Gasteiger partial charge in [0.25, 0.3) is 15.9 Å². The number of halogens is 1. The maximum atomic E-state index is 13.5. The van der Waals surface area contributed by atoms with Crippen LogP contribution in [0.1, 0.15) is 36.6 Å². The summed E-state index contributed by atoms with van der Waals surface area (Å²) in [6.07, 6.45) is 0.592. The van der Waals surface area contributed by atoms with Gasteiger partial charge in [0, 0.05) is 29.9 Å². The second kappa shape index (κ2) is 7.38. The van der Waals surface area contributed by atoms with Crippen LogP contribution in [0.3, 0.4) is 0 Å². The van der Waals surface area contributed by atoms with Gasteiger partial charge < -0.3 is 8.98 Å². The normalized spacial score (nSPS) is 11.8. The van der Waals surface area contributed by atoms with Gasteiger partial charge in [0.2, 0.25) is 5.89 Å². The molecule has 0 radical (unpaired) electrons. The molecule has 0 aliphatic carbocycles. The Morgan fingerprint density at radius 3 is 2.46 bits per heavy atom. The van der Waals surface area contributed by atoms with Gasteiger partial charge in [-0.05, 0) is 51.5 Å². The number of aromatic nitrogens is 3. The van der Waals surface area contributed by atoms with Crippen LogP contribution in [0.15, 0.2) is 27.5 Å². The monoisotopic (exact) mass is 406 g/mol. The van der Waals surface area contributed by atoms with Gasteiger partial charge in [-0.2, -0.15) is 0 Å². The minimum Gasteiger partial charge on any atom is -0.419 e. The minimum absolute atomic E-state index is 0.155. The van der Waals surface area contributed by atoms with E-state index in [9.17, 15) is 12.8 Å². The molecule has 0 saturated heterocycles. The van der Waals surface area contributed by atoms with Crippen molar-refractivity contribution in [2.45, 2.75) is 52.5 Å². The molecule has 1 aromatic carbocycles. The summed E-state index contributed by atoms with van der Waals surface area (Å²) in [7, 11) is -3.91. The van der Waals surface area contributed by atoms with E-state index in [1.54, 1.807) is 20.8 Å². The molecule has 3 rings (SSSR count). The van der Waals surface area contributed by atoms with Crippen molar-refractivity contribution in [3.8, 4) is 11.6 Å². The summed E-state index contributed by atoms with van der Waals surface area (Å²) in [5, 5.41) is 8.06. The standard InChI is InChI=1S/C19H23FN4O3S/c1-6-16-21-22-19(27-16)17-12(4)18(13(5)24(17)7-2)28(25,26)23-14-8-9-15(20)11(3)10-14/h8-10,23H,6-7H2,1-5H3. The predicted molar refractivity (Wildman–Crippen MR) is 104 cm³/mol. The van der Waals surface area contributed by atoms with Crippen molar-refractivity contribution >= 4 is 15.7 Å². The number of sulfonamides is 1. The zero-order valence-corrected chi connectivity index (χ0v) is 17.3. The van der Waals surface area contributed by atoms with Crippen molar-refractivity contribution in [3.63, 3.8) is 0 Å². The molecule has 0 aliphatic heterocycles. The molecule has 150 valence electrons. The van der Waals surface area contributed by atoms with Crippen LogP contribution in [0.4, 0.5) is 10.1 Å². The molecule has 0 fully saturated rings. The van der Waals surface area contributed by atoms with Crippen molar-refractivity contribution < 1.29 is 17.2 Å². The van der Waals surface area contributed by atoms with Crippen LogP contribution in [0, 0.1) is 26.6 Å². The summed E-state index contributed by atoms with van der Waals surface area (Å²) in [4.78, 5) is 0.155. The number of anilines is 1. The topological polar surface area (TPSA) is 90.0 Å². The quantitative estimate of drug-likeness (QED) is 0.669. The van der Waals surface area contributed by atoms with Crippen LogP contribution >= 0.6 is 0 Å². The van der Waals surface area contributed by atoms with Gasteiger partial charge in [-0.15, -0.1) is 10.2 Å². The smallest absolute Gasteiger partial charge is 0.264 e. The first-order chi connectivity index (χ1) is 13.2. The van der Waals surface area contributed by atoms with E-state index in [0.717, 1.165) is 0 Å². The Labute approximate surface area is 163 Å². The van der Waals surface area contributed by atoms with Crippen molar-refractivity contribution in [1.82, 2.24) is 14.8 Å². The third-order valence-electron chi connectivity index (χ3n) is 4.67. The number of nitrogens with zero attached hydrogens (tertiary/aromatic N) is 3. The van der Waals surface area contributed by atoms with Gasteiger partial charge in [0.1, 0.15) is 16.4 Å². The number of hydrogen-bond acceptors (Lipinski definition) is 5. The fourth-order valence-corrected chi connectivity index (χ4v) is 4.88. The Morgan fingerprint density at radius 1 is 1.18 bits per heavy atom. The second-order valence-corrected chi connectivity index (χ2v) is 8.18. The van der Waals surface area contributed by atoms with Gasteiger partial charge in [0.05, 0.1) is 0 Å². The molecule has 1 N–H and O–H groups in total. The van der Waals surface area contributed by atoms with Crippen LogP contribution in [0.5, 0.6) is 0 Å². The first-order valence-corrected chi connectivity index (χ1v) is 10.5. The van der Waals surface area contributed by atoms with E-state index in [1.807, 2.05) is 18.4 Å². The summed E-state index contributed by atoms with van der Waals surface area (Å²) < 4.78 is 49.8. The highest BCUT2D eigenvalue weighted by Gasteiger charge is 2.29. The van der Waals surface area contributed by atoms with Crippen LogP contribution in [0.2, 0.25) is 0 Å². The van der Waals surface area contributed by atoms with E-state index < -0.39 is 15.8 Å². The summed E-state index contributed by atoms with van der Waals surface area (Å²) in [6.45, 7) is 9.39. The Hall–Kier alpha value is -2.68. The fourth-order valence-electron chi connectivity index (χ4n) is 3.35. The van der Waals surface area contributed by atoms with E-state index in [-0.39, 0.29) is 4.90 Å². The highest BCUT2D eigenvalue weighted by atomic mass is 32.2. The molecule has 0 saturated carbocycles. The van der Waals surface area contributed by atoms with Gasteiger partial charge in [0.15, 0.2) is 0 Å². The Bertz CT molecular complexity index is 1130. The molecular weight excluding hydrogens is 383 g/mol. The van der Waals surface area contributed by atoms with Gasteiger partial charge >= 0.3 is 0 Å². The van der Waals surface area contributed by atoms with Gasteiger partial charge in [-0.25, -0.2) is 12.8 Å². The molecule has 0 unspecified atom stereocenters. The summed E-state index contributed by atoms with van der Waals surface area (Å²) in [6, 6.07) is 4.09. The third-order valence-corrected chi connectivity index (χ3v) is 6.31. The number of benzene rings is 1. The van der Waals surface area contributed by atoms with Crippen LogP contribution in [0.25, 0.3) is 11.6 Å². The van der Waals surface area contributed by atoms with Crippen molar-refractivity contribution in [2.75, 3.05) is 4.72 Å².